The number of hydrogen-bond acceptors (Lipinski definition) is 2. The SMILES string of the molecule is c1ccc2c(c1)B1N(c3ccc(-n4c5ccccc5c5ccccc54)cc3-2)c2nccc3c4ccccc4n1c23. The lowest BCUT2D eigenvalue weighted by Crippen LogP contribution is -2.51. The lowest BCUT2D eigenvalue weighted by atomic mass is 9.60. The van der Waals surface area contributed by atoms with Crippen molar-refractivity contribution in [3.63, 3.8) is 0 Å². The first kappa shape index (κ1) is 20.6. The highest BCUT2D eigenvalue weighted by molar-refractivity contribution is 6.82. The number of fused-ring (bicyclic) bond motifs is 14. The van der Waals surface area contributed by atoms with Crippen LogP contribution in [0.5, 0.6) is 0 Å². The summed E-state index contributed by atoms with van der Waals surface area (Å²) in [5.74, 6) is 1.03. The predicted molar refractivity (Wildman–Crippen MR) is 166 cm³/mol. The second kappa shape index (κ2) is 7.22. The van der Waals surface area contributed by atoms with Gasteiger partial charge in [-0.3, -0.25) is 0 Å². The fraction of sp³-hybridized carbons (Fsp3) is 0. The van der Waals surface area contributed by atoms with Crippen molar-refractivity contribution in [1.82, 2.24) is 14.0 Å². The van der Waals surface area contributed by atoms with Gasteiger partial charge in [0.05, 0.1) is 16.6 Å². The molecule has 0 atom stereocenters. The molecule has 8 aromatic rings. The molecule has 0 bridgehead atoms. The van der Waals surface area contributed by atoms with Crippen LogP contribution in [0.15, 0.2) is 128 Å². The second-order valence-corrected chi connectivity index (χ2v) is 10.8. The van der Waals surface area contributed by atoms with Gasteiger partial charge in [0.1, 0.15) is 5.82 Å². The molecule has 5 aromatic carbocycles. The maximum Gasteiger partial charge on any atom is 0.422 e. The van der Waals surface area contributed by atoms with E-state index in [-0.39, 0.29) is 6.98 Å². The highest BCUT2D eigenvalue weighted by atomic mass is 15.3. The van der Waals surface area contributed by atoms with Crippen molar-refractivity contribution in [2.45, 2.75) is 0 Å². The lowest BCUT2D eigenvalue weighted by Gasteiger charge is -2.34. The minimum absolute atomic E-state index is 0.0232. The number of aromatic nitrogens is 3. The van der Waals surface area contributed by atoms with Gasteiger partial charge in [0.25, 0.3) is 0 Å². The van der Waals surface area contributed by atoms with Crippen molar-refractivity contribution in [3.8, 4) is 16.8 Å². The van der Waals surface area contributed by atoms with Crippen molar-refractivity contribution >= 4 is 67.6 Å². The monoisotopic (exact) mass is 508 g/mol. The molecule has 0 aliphatic carbocycles. The Morgan fingerprint density at radius 1 is 0.550 bits per heavy atom. The van der Waals surface area contributed by atoms with E-state index < -0.39 is 0 Å². The number of anilines is 2. The zero-order chi connectivity index (χ0) is 25.9. The number of benzene rings is 5. The Hall–Kier alpha value is -5.29. The molecule has 0 saturated heterocycles. The van der Waals surface area contributed by atoms with E-state index in [4.69, 9.17) is 4.98 Å². The second-order valence-electron chi connectivity index (χ2n) is 10.8. The summed E-state index contributed by atoms with van der Waals surface area (Å²) in [5, 5.41) is 5.09. The molecule has 2 aliphatic heterocycles. The van der Waals surface area contributed by atoms with Crippen molar-refractivity contribution in [2.24, 2.45) is 0 Å². The van der Waals surface area contributed by atoms with E-state index in [1.165, 1.54) is 71.6 Å². The third-order valence-electron chi connectivity index (χ3n) is 8.92. The minimum atomic E-state index is 0.0232. The van der Waals surface area contributed by atoms with Gasteiger partial charge in [-0.1, -0.05) is 78.9 Å². The Balaban J connectivity index is 1.29. The minimum Gasteiger partial charge on any atom is -0.358 e. The number of para-hydroxylation sites is 3. The van der Waals surface area contributed by atoms with E-state index in [9.17, 15) is 0 Å². The van der Waals surface area contributed by atoms with E-state index in [0.717, 1.165) is 5.82 Å². The Labute approximate surface area is 230 Å². The first-order chi connectivity index (χ1) is 19.9. The van der Waals surface area contributed by atoms with Gasteiger partial charge in [-0.05, 0) is 53.5 Å². The van der Waals surface area contributed by atoms with Crippen LogP contribution in [-0.4, -0.2) is 21.0 Å². The molecule has 5 heterocycles. The highest BCUT2D eigenvalue weighted by Crippen LogP contribution is 2.48. The van der Waals surface area contributed by atoms with Crippen LogP contribution in [0.3, 0.4) is 0 Å². The molecular formula is C35H21BN4. The van der Waals surface area contributed by atoms with Crippen LogP contribution in [-0.2, 0) is 0 Å². The molecule has 0 fully saturated rings. The summed E-state index contributed by atoms with van der Waals surface area (Å²) in [6.45, 7) is 0.0232. The highest BCUT2D eigenvalue weighted by Gasteiger charge is 2.45. The zero-order valence-corrected chi connectivity index (χ0v) is 21.5. The van der Waals surface area contributed by atoms with Crippen LogP contribution in [0.2, 0.25) is 0 Å². The van der Waals surface area contributed by atoms with Crippen LogP contribution in [0.4, 0.5) is 11.5 Å². The number of rotatable bonds is 1. The Morgan fingerprint density at radius 3 is 1.98 bits per heavy atom. The average Bonchev–Trinajstić information content (AvgIpc) is 3.66. The molecule has 3 aromatic heterocycles. The molecule has 0 N–H and O–H groups in total. The summed E-state index contributed by atoms with van der Waals surface area (Å²) in [6.07, 6.45) is 1.96. The number of pyridine rings is 1. The van der Waals surface area contributed by atoms with Crippen molar-refractivity contribution in [1.29, 1.82) is 0 Å². The van der Waals surface area contributed by atoms with Crippen molar-refractivity contribution < 1.29 is 0 Å². The van der Waals surface area contributed by atoms with Gasteiger partial charge in [-0.25, -0.2) is 4.98 Å². The average molecular weight is 508 g/mol. The van der Waals surface area contributed by atoms with Crippen LogP contribution in [0.25, 0.3) is 60.4 Å². The molecule has 0 spiro atoms. The standard InChI is InChI=1S/C35H21BN4/c1-5-13-29-23(9-1)28-21-22(38-30-14-6-2-10-24(30)25-11-3-7-15-31(25)38)17-18-33(28)40-35-34-27(19-20-37-35)26-12-4-8-16-32(26)39(34)36(29)40/h1-21H. The van der Waals surface area contributed by atoms with Crippen LogP contribution < -0.4 is 10.3 Å². The van der Waals surface area contributed by atoms with Crippen LogP contribution in [0, 0.1) is 0 Å². The van der Waals surface area contributed by atoms with E-state index in [1.807, 2.05) is 6.20 Å². The molecule has 0 radical (unpaired) electrons. The third-order valence-corrected chi connectivity index (χ3v) is 8.92. The van der Waals surface area contributed by atoms with Gasteiger partial charge in [-0.15, -0.1) is 0 Å². The smallest absolute Gasteiger partial charge is 0.358 e. The van der Waals surface area contributed by atoms with Crippen molar-refractivity contribution in [3.05, 3.63) is 128 Å². The maximum atomic E-state index is 4.98. The molecule has 2 aliphatic rings. The molecular weight excluding hydrogens is 487 g/mol. The van der Waals surface area contributed by atoms with E-state index >= 15 is 0 Å². The van der Waals surface area contributed by atoms with Crippen molar-refractivity contribution in [2.75, 3.05) is 4.81 Å². The van der Waals surface area contributed by atoms with E-state index in [1.54, 1.807) is 0 Å². The molecule has 10 rings (SSSR count). The summed E-state index contributed by atoms with van der Waals surface area (Å²) in [6, 6.07) is 44.1. The summed E-state index contributed by atoms with van der Waals surface area (Å²) in [4.78, 5) is 7.43. The molecule has 4 nitrogen and oxygen atoms in total. The molecule has 5 heteroatoms. The molecule has 0 amide bonds. The van der Waals surface area contributed by atoms with Gasteiger partial charge < -0.3 is 13.9 Å². The van der Waals surface area contributed by atoms with Gasteiger partial charge in [0.15, 0.2) is 0 Å². The zero-order valence-electron chi connectivity index (χ0n) is 21.5. The first-order valence-corrected chi connectivity index (χ1v) is 13.8. The fourth-order valence-corrected chi connectivity index (χ4v) is 7.37. The normalized spacial score (nSPS) is 13.4. The lowest BCUT2D eigenvalue weighted by molar-refractivity contribution is 1.17. The van der Waals surface area contributed by atoms with Gasteiger partial charge in [-0.2, -0.15) is 0 Å². The van der Waals surface area contributed by atoms with Gasteiger partial charge in [0.2, 0.25) is 0 Å². The van der Waals surface area contributed by atoms with Gasteiger partial charge >= 0.3 is 6.98 Å². The number of nitrogens with zero attached hydrogens (tertiary/aromatic N) is 4. The van der Waals surface area contributed by atoms with Crippen LogP contribution in [0.1, 0.15) is 0 Å². The molecule has 40 heavy (non-hydrogen) atoms. The number of hydrogen-bond donors (Lipinski definition) is 0. The largest absolute Gasteiger partial charge is 0.422 e. The van der Waals surface area contributed by atoms with Gasteiger partial charge in [0, 0.05) is 50.2 Å². The summed E-state index contributed by atoms with van der Waals surface area (Å²) >= 11 is 0. The fourth-order valence-electron chi connectivity index (χ4n) is 7.37. The van der Waals surface area contributed by atoms with E-state index in [0.29, 0.717) is 0 Å². The quantitative estimate of drug-likeness (QED) is 0.213. The molecule has 184 valence electrons. The Bertz CT molecular complexity index is 2310. The predicted octanol–water partition coefficient (Wildman–Crippen LogP) is 7.66. The summed E-state index contributed by atoms with van der Waals surface area (Å²) < 4.78 is 4.90. The molecule has 0 saturated carbocycles. The summed E-state index contributed by atoms with van der Waals surface area (Å²) in [5.41, 5.74) is 11.1. The van der Waals surface area contributed by atoms with E-state index in [2.05, 4.69) is 135 Å². The Kier molecular flexibility index (Phi) is 3.73. The summed E-state index contributed by atoms with van der Waals surface area (Å²) in [7, 11) is 0. The first-order valence-electron chi connectivity index (χ1n) is 13.8. The topological polar surface area (TPSA) is 26.0 Å². The maximum absolute atomic E-state index is 4.98. The van der Waals surface area contributed by atoms with Crippen LogP contribution >= 0.6 is 0 Å². The Morgan fingerprint density at radius 2 is 1.20 bits per heavy atom. The third kappa shape index (κ3) is 2.37. The molecule has 0 unspecified atom stereocenters.